The minimum absolute atomic E-state index is 0.606. The van der Waals surface area contributed by atoms with Crippen LogP contribution in [0, 0.1) is 11.3 Å². The van der Waals surface area contributed by atoms with E-state index in [9.17, 15) is 5.26 Å². The first-order valence-electron chi connectivity index (χ1n) is 6.63. The number of rotatable bonds is 4. The molecule has 0 fully saturated rings. The zero-order valence-electron chi connectivity index (χ0n) is 11.8. The van der Waals surface area contributed by atoms with E-state index < -0.39 is 0 Å². The summed E-state index contributed by atoms with van der Waals surface area (Å²) < 4.78 is 5.28. The van der Waals surface area contributed by atoms with Crippen LogP contribution in [0.25, 0.3) is 16.7 Å². The molecule has 2 aromatic carbocycles. The van der Waals surface area contributed by atoms with E-state index in [0.717, 1.165) is 16.9 Å². The van der Waals surface area contributed by atoms with Gasteiger partial charge in [0.15, 0.2) is 0 Å². The van der Waals surface area contributed by atoms with Gasteiger partial charge in [-0.15, -0.1) is 0 Å². The lowest BCUT2D eigenvalue weighted by Crippen LogP contribution is -1.92. The fourth-order valence-electron chi connectivity index (χ4n) is 2.17. The van der Waals surface area contributed by atoms with E-state index in [0.29, 0.717) is 12.0 Å². The topological polar surface area (TPSA) is 33.0 Å². The van der Waals surface area contributed by atoms with Crippen molar-refractivity contribution in [1.82, 2.24) is 0 Å². The second kappa shape index (κ2) is 6.58. The summed E-state index contributed by atoms with van der Waals surface area (Å²) in [6.07, 6.45) is 0.708. The summed E-state index contributed by atoms with van der Waals surface area (Å²) in [5.74, 6) is 0.722. The van der Waals surface area contributed by atoms with Crippen molar-refractivity contribution in [2.45, 2.75) is 13.3 Å². The lowest BCUT2D eigenvalue weighted by molar-refractivity contribution is 0.283. The Labute approximate surface area is 119 Å². The van der Waals surface area contributed by atoms with Crippen LogP contribution in [-0.4, -0.2) is 7.11 Å². The number of benzene rings is 2. The zero-order valence-corrected chi connectivity index (χ0v) is 11.8. The van der Waals surface area contributed by atoms with Crippen LogP contribution in [0.5, 0.6) is 0 Å². The minimum atomic E-state index is 0.606. The maximum Gasteiger partial charge on any atom is 0.114 e. The Balaban J connectivity index is 2.38. The van der Waals surface area contributed by atoms with Crippen LogP contribution in [0.3, 0.4) is 0 Å². The number of nitriles is 1. The first-order valence-corrected chi connectivity index (χ1v) is 6.63. The van der Waals surface area contributed by atoms with Crippen LogP contribution >= 0.6 is 0 Å². The third-order valence-corrected chi connectivity index (χ3v) is 3.24. The molecule has 0 aromatic heterocycles. The Morgan fingerprint density at radius 2 is 1.60 bits per heavy atom. The van der Waals surface area contributed by atoms with Gasteiger partial charge in [0.2, 0.25) is 0 Å². The van der Waals surface area contributed by atoms with Gasteiger partial charge in [-0.05, 0) is 16.7 Å². The van der Waals surface area contributed by atoms with Gasteiger partial charge >= 0.3 is 0 Å². The standard InChI is InChI=1S/C18H17NO/c1-3-18(20-2)17(13-19)16-11-9-15(10-12-16)14-7-5-4-6-8-14/h4-12H,3H2,1-2H3/b18-17+. The SMILES string of the molecule is CC/C(OC)=C(/C#N)c1ccc(-c2ccccc2)cc1. The predicted molar refractivity (Wildman–Crippen MR) is 81.7 cm³/mol. The molecule has 0 aliphatic heterocycles. The van der Waals surface area contributed by atoms with Crippen LogP contribution in [0.4, 0.5) is 0 Å². The molecule has 0 aliphatic rings. The Kier molecular flexibility index (Phi) is 4.57. The molecule has 0 heterocycles. The molecule has 0 radical (unpaired) electrons. The summed E-state index contributed by atoms with van der Waals surface area (Å²) in [4.78, 5) is 0. The molecule has 0 aliphatic carbocycles. The van der Waals surface area contributed by atoms with Crippen LogP contribution in [0.2, 0.25) is 0 Å². The summed E-state index contributed by atoms with van der Waals surface area (Å²) in [5, 5.41) is 9.31. The summed E-state index contributed by atoms with van der Waals surface area (Å²) in [5.41, 5.74) is 3.81. The van der Waals surface area contributed by atoms with Crippen LogP contribution in [-0.2, 0) is 4.74 Å². The van der Waals surface area contributed by atoms with E-state index in [1.165, 1.54) is 5.56 Å². The Morgan fingerprint density at radius 1 is 1.00 bits per heavy atom. The van der Waals surface area contributed by atoms with Gasteiger partial charge in [0.1, 0.15) is 11.8 Å². The number of ether oxygens (including phenoxy) is 1. The molecule has 2 rings (SSSR count). The minimum Gasteiger partial charge on any atom is -0.500 e. The van der Waals surface area contributed by atoms with Crippen LogP contribution in [0.1, 0.15) is 18.9 Å². The Bertz CT molecular complexity index is 627. The second-order valence-electron chi connectivity index (χ2n) is 4.41. The molecule has 0 saturated carbocycles. The van der Waals surface area contributed by atoms with Crippen molar-refractivity contribution < 1.29 is 4.74 Å². The summed E-state index contributed by atoms with van der Waals surface area (Å²) >= 11 is 0. The van der Waals surface area contributed by atoms with E-state index in [-0.39, 0.29) is 0 Å². The van der Waals surface area contributed by atoms with E-state index >= 15 is 0 Å². The highest BCUT2D eigenvalue weighted by atomic mass is 16.5. The third-order valence-electron chi connectivity index (χ3n) is 3.24. The first-order chi connectivity index (χ1) is 9.80. The summed E-state index contributed by atoms with van der Waals surface area (Å²) in [6.45, 7) is 1.98. The molecule has 0 saturated heterocycles. The van der Waals surface area contributed by atoms with Gasteiger partial charge in [0.05, 0.1) is 12.7 Å². The monoisotopic (exact) mass is 263 g/mol. The number of nitrogens with zero attached hydrogens (tertiary/aromatic N) is 1. The molecule has 2 aromatic rings. The molecule has 20 heavy (non-hydrogen) atoms. The van der Waals surface area contributed by atoms with E-state index in [1.54, 1.807) is 7.11 Å². The third kappa shape index (κ3) is 2.89. The molecular weight excluding hydrogens is 246 g/mol. The summed E-state index contributed by atoms with van der Waals surface area (Å²) in [7, 11) is 1.61. The highest BCUT2D eigenvalue weighted by Crippen LogP contribution is 2.24. The molecule has 0 unspecified atom stereocenters. The highest BCUT2D eigenvalue weighted by molar-refractivity contribution is 5.79. The lowest BCUT2D eigenvalue weighted by atomic mass is 10.00. The van der Waals surface area contributed by atoms with Crippen molar-refractivity contribution in [1.29, 1.82) is 5.26 Å². The average molecular weight is 263 g/mol. The van der Waals surface area contributed by atoms with Gasteiger partial charge in [-0.1, -0.05) is 61.5 Å². The van der Waals surface area contributed by atoms with Crippen LogP contribution in [0.15, 0.2) is 60.4 Å². The Hall–Kier alpha value is -2.53. The fourth-order valence-corrected chi connectivity index (χ4v) is 2.17. The molecule has 0 amide bonds. The molecule has 2 heteroatoms. The normalized spacial score (nSPS) is 11.4. The van der Waals surface area contributed by atoms with Gasteiger partial charge in [0, 0.05) is 6.42 Å². The van der Waals surface area contributed by atoms with Gasteiger partial charge in [-0.2, -0.15) is 5.26 Å². The number of hydrogen-bond acceptors (Lipinski definition) is 2. The van der Waals surface area contributed by atoms with Crippen LogP contribution < -0.4 is 0 Å². The van der Waals surface area contributed by atoms with Gasteiger partial charge in [-0.3, -0.25) is 0 Å². The van der Waals surface area contributed by atoms with Crippen molar-refractivity contribution >= 4 is 5.57 Å². The molecule has 0 spiro atoms. The quantitative estimate of drug-likeness (QED) is 0.594. The van der Waals surface area contributed by atoms with Gasteiger partial charge in [0.25, 0.3) is 0 Å². The van der Waals surface area contributed by atoms with Crippen molar-refractivity contribution in [2.75, 3.05) is 7.11 Å². The predicted octanol–water partition coefficient (Wildman–Crippen LogP) is 4.64. The van der Waals surface area contributed by atoms with E-state index in [4.69, 9.17) is 4.74 Å². The largest absolute Gasteiger partial charge is 0.500 e. The highest BCUT2D eigenvalue weighted by Gasteiger charge is 2.08. The molecule has 100 valence electrons. The van der Waals surface area contributed by atoms with Gasteiger partial charge < -0.3 is 4.74 Å². The van der Waals surface area contributed by atoms with E-state index in [2.05, 4.69) is 18.2 Å². The fraction of sp³-hybridized carbons (Fsp3) is 0.167. The zero-order chi connectivity index (χ0) is 14.4. The van der Waals surface area contributed by atoms with Crippen molar-refractivity contribution in [3.8, 4) is 17.2 Å². The van der Waals surface area contributed by atoms with Crippen molar-refractivity contribution in [2.24, 2.45) is 0 Å². The smallest absolute Gasteiger partial charge is 0.114 e. The Morgan fingerprint density at radius 3 is 2.10 bits per heavy atom. The van der Waals surface area contributed by atoms with E-state index in [1.807, 2.05) is 49.4 Å². The maximum atomic E-state index is 9.31. The van der Waals surface area contributed by atoms with Gasteiger partial charge in [-0.25, -0.2) is 0 Å². The average Bonchev–Trinajstić information content (AvgIpc) is 2.53. The molecule has 0 N–H and O–H groups in total. The molecule has 2 nitrogen and oxygen atoms in total. The lowest BCUT2D eigenvalue weighted by Gasteiger charge is -2.08. The molecular formula is C18H17NO. The maximum absolute atomic E-state index is 9.31. The number of hydrogen-bond donors (Lipinski definition) is 0. The first kappa shape index (κ1) is 13.9. The summed E-state index contributed by atoms with van der Waals surface area (Å²) in [6, 6.07) is 20.4. The van der Waals surface area contributed by atoms with Crippen molar-refractivity contribution in [3.63, 3.8) is 0 Å². The van der Waals surface area contributed by atoms with Crippen molar-refractivity contribution in [3.05, 3.63) is 65.9 Å². The molecule has 0 bridgehead atoms. The molecule has 0 atom stereocenters. The number of allylic oxidation sites excluding steroid dienone is 2. The number of methoxy groups -OCH3 is 1. The second-order valence-corrected chi connectivity index (χ2v) is 4.41.